The Labute approximate surface area is 245 Å². The van der Waals surface area contributed by atoms with E-state index in [1.807, 2.05) is 39.8 Å². The van der Waals surface area contributed by atoms with Gasteiger partial charge in [-0.1, -0.05) is 37.6 Å². The minimum absolute atomic E-state index is 0.0307. The summed E-state index contributed by atoms with van der Waals surface area (Å²) in [6.45, 7) is 13.7. The summed E-state index contributed by atoms with van der Waals surface area (Å²) < 4.78 is 28.5. The molecule has 0 bridgehead atoms. The zero-order valence-electron chi connectivity index (χ0n) is 25.9. The Morgan fingerprint density at radius 2 is 1.85 bits per heavy atom. The second-order valence-electron chi connectivity index (χ2n) is 11.4. The van der Waals surface area contributed by atoms with Crippen LogP contribution in [0.15, 0.2) is 36.0 Å². The molecule has 41 heavy (non-hydrogen) atoms. The lowest BCUT2D eigenvalue weighted by molar-refractivity contribution is -0.208. The fourth-order valence-electron chi connectivity index (χ4n) is 4.99. The molecule has 0 spiro atoms. The van der Waals surface area contributed by atoms with Gasteiger partial charge in [-0.2, -0.15) is 0 Å². The summed E-state index contributed by atoms with van der Waals surface area (Å²) in [5.74, 6) is -0.381. The molecule has 0 radical (unpaired) electrons. The molecule has 10 heteroatoms. The number of hydrogen-bond acceptors (Lipinski definition) is 8. The fourth-order valence-corrected chi connectivity index (χ4v) is 4.99. The fraction of sp³-hybridized carbons (Fsp3) is 0.710. The molecule has 8 atom stereocenters. The van der Waals surface area contributed by atoms with Gasteiger partial charge in [-0.05, 0) is 59.0 Å². The molecule has 10 nitrogen and oxygen atoms in total. The molecule has 0 aliphatic carbocycles. The highest BCUT2D eigenvalue weighted by atomic mass is 16.7. The third-order valence-corrected chi connectivity index (χ3v) is 7.47. The van der Waals surface area contributed by atoms with Crippen LogP contribution in [0.3, 0.4) is 0 Å². The highest BCUT2D eigenvalue weighted by Crippen LogP contribution is 2.33. The average molecular weight is 579 g/mol. The van der Waals surface area contributed by atoms with E-state index in [4.69, 9.17) is 23.7 Å². The summed E-state index contributed by atoms with van der Waals surface area (Å²) in [5, 5.41) is 5.72. The Morgan fingerprint density at radius 1 is 1.12 bits per heavy atom. The lowest BCUT2D eigenvalue weighted by Gasteiger charge is -2.40. The summed E-state index contributed by atoms with van der Waals surface area (Å²) in [6.07, 6.45) is 10.6. The molecule has 2 amide bonds. The van der Waals surface area contributed by atoms with Crippen LogP contribution in [0.2, 0.25) is 0 Å². The number of hydrogen-bond donors (Lipinski definition) is 2. The molecule has 0 aromatic rings. The van der Waals surface area contributed by atoms with E-state index in [1.54, 1.807) is 20.1 Å². The van der Waals surface area contributed by atoms with Crippen molar-refractivity contribution >= 4 is 18.0 Å². The molecule has 2 aliphatic heterocycles. The van der Waals surface area contributed by atoms with Gasteiger partial charge in [0.15, 0.2) is 0 Å². The molecule has 0 aromatic carbocycles. The van der Waals surface area contributed by atoms with Crippen molar-refractivity contribution in [2.75, 3.05) is 13.7 Å². The predicted molar refractivity (Wildman–Crippen MR) is 156 cm³/mol. The Morgan fingerprint density at radius 3 is 2.51 bits per heavy atom. The second-order valence-corrected chi connectivity index (χ2v) is 11.4. The number of allylic oxidation sites excluding steroid dienone is 2. The van der Waals surface area contributed by atoms with Crippen molar-refractivity contribution in [1.82, 2.24) is 10.6 Å². The van der Waals surface area contributed by atoms with Crippen LogP contribution in [0.1, 0.15) is 80.6 Å². The average Bonchev–Trinajstić information content (AvgIpc) is 2.90. The van der Waals surface area contributed by atoms with Crippen LogP contribution in [0.4, 0.5) is 4.79 Å². The summed E-state index contributed by atoms with van der Waals surface area (Å²) in [7, 11) is 1.66. The Bertz CT molecular complexity index is 964. The van der Waals surface area contributed by atoms with Crippen LogP contribution < -0.4 is 10.6 Å². The zero-order chi connectivity index (χ0) is 30.6. The maximum Gasteiger partial charge on any atom is 0.409 e. The topological polar surface area (TPSA) is 121 Å². The van der Waals surface area contributed by atoms with Crippen molar-refractivity contribution in [2.45, 2.75) is 123 Å². The number of esters is 1. The first-order valence-electron chi connectivity index (χ1n) is 14.7. The first kappa shape index (κ1) is 34.5. The maximum absolute atomic E-state index is 12.4. The number of alkyl carbamates (subject to hydrolysis) is 1. The molecule has 2 heterocycles. The van der Waals surface area contributed by atoms with Crippen molar-refractivity contribution in [3.05, 3.63) is 36.0 Å². The third-order valence-electron chi connectivity index (χ3n) is 7.47. The van der Waals surface area contributed by atoms with Crippen LogP contribution >= 0.6 is 0 Å². The number of methoxy groups -OCH3 is 1. The van der Waals surface area contributed by atoms with E-state index in [0.29, 0.717) is 19.4 Å². The number of rotatable bonds is 12. The second kappa shape index (κ2) is 16.7. The van der Waals surface area contributed by atoms with E-state index < -0.39 is 24.1 Å². The molecule has 0 aromatic heterocycles. The van der Waals surface area contributed by atoms with Crippen molar-refractivity contribution < 1.29 is 38.1 Å². The number of nitrogens with one attached hydrogen (secondary N) is 2. The van der Waals surface area contributed by atoms with Crippen molar-refractivity contribution in [2.24, 2.45) is 5.92 Å². The van der Waals surface area contributed by atoms with E-state index in [9.17, 15) is 14.4 Å². The zero-order valence-corrected chi connectivity index (χ0v) is 25.9. The number of carbonyl (C=O) groups is 3. The van der Waals surface area contributed by atoms with Crippen molar-refractivity contribution in [3.8, 4) is 0 Å². The summed E-state index contributed by atoms with van der Waals surface area (Å²) in [5.41, 5.74) is 0.604. The molecule has 2 rings (SSSR count). The molecule has 2 N–H and O–H groups in total. The van der Waals surface area contributed by atoms with Crippen molar-refractivity contribution in [3.63, 3.8) is 0 Å². The quantitative estimate of drug-likeness (QED) is 0.194. The van der Waals surface area contributed by atoms with Gasteiger partial charge in [0.2, 0.25) is 12.2 Å². The SMILES string of the molecule is CCCNC(=O)OC1CC(C)(OC)CC(/C=C/C(C)=C/CC2OC(C)C(NC(=O)/C=C\C(C)OC(C)=O)CC2C)O1. The van der Waals surface area contributed by atoms with Crippen LogP contribution in [0.25, 0.3) is 0 Å². The molecular formula is C31H50N2O8. The van der Waals surface area contributed by atoms with E-state index in [1.165, 1.54) is 13.0 Å². The van der Waals surface area contributed by atoms with Gasteiger partial charge in [0.1, 0.15) is 6.10 Å². The molecular weight excluding hydrogens is 528 g/mol. The van der Waals surface area contributed by atoms with Gasteiger partial charge in [0.25, 0.3) is 0 Å². The van der Waals surface area contributed by atoms with Gasteiger partial charge in [-0.25, -0.2) is 4.79 Å². The van der Waals surface area contributed by atoms with E-state index in [2.05, 4.69) is 23.6 Å². The van der Waals surface area contributed by atoms with E-state index in [-0.39, 0.29) is 42.1 Å². The van der Waals surface area contributed by atoms with Gasteiger partial charge in [-0.15, -0.1) is 0 Å². The standard InChI is InChI=1S/C31H50N2O8/c1-9-16-32-30(36)41-29-19-31(7,37-8)18-25(40-29)13-10-20(2)11-14-27-21(3)17-26(23(5)39-27)33-28(35)15-12-22(4)38-24(6)34/h10-13,15,21-23,25-27,29H,9,14,16-19H2,1-8H3,(H,32,36)(H,33,35)/b13-10+,15-12-,20-11+. The summed E-state index contributed by atoms with van der Waals surface area (Å²) in [4.78, 5) is 35.5. The molecule has 2 fully saturated rings. The smallest absolute Gasteiger partial charge is 0.409 e. The monoisotopic (exact) mass is 578 g/mol. The molecule has 8 unspecified atom stereocenters. The minimum atomic E-state index is -0.691. The van der Waals surface area contributed by atoms with Gasteiger partial charge in [0, 0.05) is 39.5 Å². The van der Waals surface area contributed by atoms with Crippen LogP contribution in [-0.4, -0.2) is 74.0 Å². The number of amides is 2. The molecule has 232 valence electrons. The normalized spacial score (nSPS) is 31.6. The lowest BCUT2D eigenvalue weighted by atomic mass is 9.88. The van der Waals surface area contributed by atoms with Crippen LogP contribution in [-0.2, 0) is 33.3 Å². The summed E-state index contributed by atoms with van der Waals surface area (Å²) >= 11 is 0. The largest absolute Gasteiger partial charge is 0.459 e. The number of ether oxygens (including phenoxy) is 5. The van der Waals surface area contributed by atoms with Gasteiger partial charge in [-0.3, -0.25) is 9.59 Å². The lowest BCUT2D eigenvalue weighted by Crippen LogP contribution is -2.50. The highest BCUT2D eigenvalue weighted by molar-refractivity contribution is 5.87. The third kappa shape index (κ3) is 12.4. The van der Waals surface area contributed by atoms with Crippen molar-refractivity contribution in [1.29, 1.82) is 0 Å². The predicted octanol–water partition coefficient (Wildman–Crippen LogP) is 4.73. The molecule has 2 saturated heterocycles. The van der Waals surface area contributed by atoms with Gasteiger partial charge >= 0.3 is 12.1 Å². The number of carbonyl (C=O) groups excluding carboxylic acids is 3. The van der Waals surface area contributed by atoms with Crippen LogP contribution in [0.5, 0.6) is 0 Å². The first-order valence-corrected chi connectivity index (χ1v) is 14.7. The molecule has 2 aliphatic rings. The minimum Gasteiger partial charge on any atom is -0.459 e. The maximum atomic E-state index is 12.4. The van der Waals surface area contributed by atoms with Crippen LogP contribution in [0, 0.1) is 5.92 Å². The Balaban J connectivity index is 1.89. The summed E-state index contributed by atoms with van der Waals surface area (Å²) in [6, 6.07) is -0.106. The van der Waals surface area contributed by atoms with Gasteiger partial charge < -0.3 is 34.3 Å². The first-order chi connectivity index (χ1) is 19.3. The van der Waals surface area contributed by atoms with E-state index in [0.717, 1.165) is 24.8 Å². The Hall–Kier alpha value is -2.69. The molecule has 0 saturated carbocycles. The highest BCUT2D eigenvalue weighted by Gasteiger charge is 2.39. The van der Waals surface area contributed by atoms with E-state index >= 15 is 0 Å². The Kier molecular flexibility index (Phi) is 14.0. The van der Waals surface area contributed by atoms with Gasteiger partial charge in [0.05, 0.1) is 30.0 Å².